The number of alkyl halides is 3. The Morgan fingerprint density at radius 3 is 2.00 bits per heavy atom. The largest absolute Gasteiger partial charge is 0.416 e. The summed E-state index contributed by atoms with van der Waals surface area (Å²) in [7, 11) is 0. The Balaban J connectivity index is 1.68. The smallest absolute Gasteiger partial charge is 0.353 e. The molecule has 7 heteroatoms. The van der Waals surface area contributed by atoms with E-state index in [0.717, 1.165) is 44.1 Å². The molecule has 0 atom stereocenters. The standard InChI is InChI=1S/C18H21F3N4/c1-13(2)24-9-11-25(12-10-24)17-8-7-16(22-23-17)14-3-5-15(6-4-14)18(19,20)21/h3-8,13H,9-12H2,1-2H3. The van der Waals surface area contributed by atoms with Crippen LogP contribution in [0.15, 0.2) is 36.4 Å². The van der Waals surface area contributed by atoms with E-state index in [1.54, 1.807) is 6.07 Å². The van der Waals surface area contributed by atoms with Crippen molar-refractivity contribution in [2.75, 3.05) is 31.1 Å². The van der Waals surface area contributed by atoms with Crippen LogP contribution in [0, 0.1) is 0 Å². The molecule has 0 aliphatic carbocycles. The summed E-state index contributed by atoms with van der Waals surface area (Å²) in [6.07, 6.45) is -4.33. The third kappa shape index (κ3) is 4.10. The molecule has 134 valence electrons. The molecule has 1 saturated heterocycles. The summed E-state index contributed by atoms with van der Waals surface area (Å²) in [5, 5.41) is 8.44. The van der Waals surface area contributed by atoms with E-state index in [-0.39, 0.29) is 0 Å². The second-order valence-corrected chi connectivity index (χ2v) is 6.47. The van der Waals surface area contributed by atoms with Crippen LogP contribution < -0.4 is 4.90 Å². The van der Waals surface area contributed by atoms with Gasteiger partial charge in [-0.3, -0.25) is 4.90 Å². The molecule has 1 aliphatic rings. The van der Waals surface area contributed by atoms with E-state index in [0.29, 0.717) is 17.3 Å². The molecule has 0 N–H and O–H groups in total. The van der Waals surface area contributed by atoms with Gasteiger partial charge in [0.05, 0.1) is 11.3 Å². The van der Waals surface area contributed by atoms with Gasteiger partial charge in [-0.15, -0.1) is 10.2 Å². The Labute approximate surface area is 145 Å². The van der Waals surface area contributed by atoms with Crippen molar-refractivity contribution >= 4 is 5.82 Å². The van der Waals surface area contributed by atoms with Crippen molar-refractivity contribution < 1.29 is 13.2 Å². The maximum atomic E-state index is 12.6. The highest BCUT2D eigenvalue weighted by Gasteiger charge is 2.30. The van der Waals surface area contributed by atoms with Crippen LogP contribution in [-0.4, -0.2) is 47.3 Å². The summed E-state index contributed by atoms with van der Waals surface area (Å²) >= 11 is 0. The van der Waals surface area contributed by atoms with Crippen LogP contribution in [-0.2, 0) is 6.18 Å². The third-order valence-corrected chi connectivity index (χ3v) is 4.53. The van der Waals surface area contributed by atoms with Crippen molar-refractivity contribution in [3.05, 3.63) is 42.0 Å². The van der Waals surface area contributed by atoms with Crippen LogP contribution in [0.1, 0.15) is 19.4 Å². The minimum atomic E-state index is -4.33. The first-order valence-corrected chi connectivity index (χ1v) is 8.35. The Hall–Kier alpha value is -2.15. The summed E-state index contributed by atoms with van der Waals surface area (Å²) in [6, 6.07) is 9.20. The Kier molecular flexibility index (Phi) is 4.94. The van der Waals surface area contributed by atoms with Gasteiger partial charge in [0.25, 0.3) is 0 Å². The topological polar surface area (TPSA) is 32.3 Å². The molecule has 3 rings (SSSR count). The van der Waals surface area contributed by atoms with Gasteiger partial charge in [-0.2, -0.15) is 13.2 Å². The molecule has 1 fully saturated rings. The fraction of sp³-hybridized carbons (Fsp3) is 0.444. The van der Waals surface area contributed by atoms with Gasteiger partial charge < -0.3 is 4.90 Å². The van der Waals surface area contributed by atoms with E-state index in [1.807, 2.05) is 6.07 Å². The molecule has 0 amide bonds. The molecule has 0 radical (unpaired) electrons. The van der Waals surface area contributed by atoms with Gasteiger partial charge in [-0.1, -0.05) is 12.1 Å². The number of piperazine rings is 1. The first-order chi connectivity index (χ1) is 11.8. The second kappa shape index (κ2) is 7.00. The lowest BCUT2D eigenvalue weighted by molar-refractivity contribution is -0.137. The monoisotopic (exact) mass is 350 g/mol. The van der Waals surface area contributed by atoms with Crippen LogP contribution in [0.25, 0.3) is 11.3 Å². The summed E-state index contributed by atoms with van der Waals surface area (Å²) in [6.45, 7) is 8.14. The van der Waals surface area contributed by atoms with Gasteiger partial charge in [0.15, 0.2) is 5.82 Å². The molecule has 2 heterocycles. The van der Waals surface area contributed by atoms with Crippen LogP contribution in [0.3, 0.4) is 0 Å². The summed E-state index contributed by atoms with van der Waals surface area (Å²) in [5.41, 5.74) is 0.527. The van der Waals surface area contributed by atoms with E-state index < -0.39 is 11.7 Å². The second-order valence-electron chi connectivity index (χ2n) is 6.47. The van der Waals surface area contributed by atoms with Crippen molar-refractivity contribution in [1.29, 1.82) is 0 Å². The molecule has 1 aromatic carbocycles. The van der Waals surface area contributed by atoms with Crippen LogP contribution >= 0.6 is 0 Å². The van der Waals surface area contributed by atoms with Gasteiger partial charge >= 0.3 is 6.18 Å². The molecule has 0 unspecified atom stereocenters. The molecule has 1 aromatic heterocycles. The molecule has 0 spiro atoms. The lowest BCUT2D eigenvalue weighted by atomic mass is 10.1. The molecule has 4 nitrogen and oxygen atoms in total. The van der Waals surface area contributed by atoms with Crippen molar-refractivity contribution in [2.24, 2.45) is 0 Å². The van der Waals surface area contributed by atoms with Crippen LogP contribution in [0.5, 0.6) is 0 Å². The van der Waals surface area contributed by atoms with Gasteiger partial charge in [0, 0.05) is 37.8 Å². The lowest BCUT2D eigenvalue weighted by Crippen LogP contribution is -2.49. The third-order valence-electron chi connectivity index (χ3n) is 4.53. The highest BCUT2D eigenvalue weighted by Crippen LogP contribution is 2.30. The van der Waals surface area contributed by atoms with Gasteiger partial charge in [-0.05, 0) is 38.1 Å². The van der Waals surface area contributed by atoms with E-state index >= 15 is 0 Å². The Morgan fingerprint density at radius 1 is 0.880 bits per heavy atom. The van der Waals surface area contributed by atoms with Gasteiger partial charge in [0.2, 0.25) is 0 Å². The van der Waals surface area contributed by atoms with Gasteiger partial charge in [-0.25, -0.2) is 0 Å². The zero-order valence-electron chi connectivity index (χ0n) is 14.3. The number of anilines is 1. The Morgan fingerprint density at radius 2 is 1.52 bits per heavy atom. The number of hydrogen-bond donors (Lipinski definition) is 0. The minimum Gasteiger partial charge on any atom is -0.353 e. The number of benzene rings is 1. The zero-order chi connectivity index (χ0) is 18.0. The molecular weight excluding hydrogens is 329 g/mol. The van der Waals surface area contributed by atoms with E-state index in [1.165, 1.54) is 12.1 Å². The first-order valence-electron chi connectivity index (χ1n) is 8.35. The maximum Gasteiger partial charge on any atom is 0.416 e. The SMILES string of the molecule is CC(C)N1CCN(c2ccc(-c3ccc(C(F)(F)F)cc3)nn2)CC1. The normalized spacial score (nSPS) is 16.5. The van der Waals surface area contributed by atoms with Gasteiger partial charge in [0.1, 0.15) is 0 Å². The molecule has 0 saturated carbocycles. The van der Waals surface area contributed by atoms with E-state index in [9.17, 15) is 13.2 Å². The van der Waals surface area contributed by atoms with Crippen molar-refractivity contribution in [3.8, 4) is 11.3 Å². The maximum absolute atomic E-state index is 12.6. The van der Waals surface area contributed by atoms with E-state index in [2.05, 4.69) is 33.8 Å². The highest BCUT2D eigenvalue weighted by atomic mass is 19.4. The molecule has 25 heavy (non-hydrogen) atoms. The first kappa shape index (κ1) is 17.7. The predicted octanol–water partition coefficient (Wildman–Crippen LogP) is 3.69. The molecular formula is C18H21F3N4. The van der Waals surface area contributed by atoms with Crippen molar-refractivity contribution in [1.82, 2.24) is 15.1 Å². The molecule has 1 aliphatic heterocycles. The lowest BCUT2D eigenvalue weighted by Gasteiger charge is -2.37. The molecule has 0 bridgehead atoms. The molecule has 2 aromatic rings. The van der Waals surface area contributed by atoms with Crippen molar-refractivity contribution in [3.63, 3.8) is 0 Å². The number of hydrogen-bond acceptors (Lipinski definition) is 4. The minimum absolute atomic E-state index is 0.537. The average Bonchev–Trinajstić information content (AvgIpc) is 2.61. The Bertz CT molecular complexity index is 688. The van der Waals surface area contributed by atoms with Crippen molar-refractivity contribution in [2.45, 2.75) is 26.1 Å². The average molecular weight is 350 g/mol. The number of rotatable bonds is 3. The zero-order valence-corrected chi connectivity index (χ0v) is 14.3. The summed E-state index contributed by atoms with van der Waals surface area (Å²) in [4.78, 5) is 4.60. The quantitative estimate of drug-likeness (QED) is 0.845. The number of aromatic nitrogens is 2. The summed E-state index contributed by atoms with van der Waals surface area (Å²) in [5.74, 6) is 0.805. The summed E-state index contributed by atoms with van der Waals surface area (Å²) < 4.78 is 37.9. The van der Waals surface area contributed by atoms with Crippen LogP contribution in [0.2, 0.25) is 0 Å². The van der Waals surface area contributed by atoms with Crippen LogP contribution in [0.4, 0.5) is 19.0 Å². The fourth-order valence-electron chi connectivity index (χ4n) is 2.95. The number of nitrogens with zero attached hydrogens (tertiary/aromatic N) is 4. The van der Waals surface area contributed by atoms with E-state index in [4.69, 9.17) is 0 Å². The predicted molar refractivity (Wildman–Crippen MR) is 91.4 cm³/mol. The number of halogens is 3. The fourth-order valence-corrected chi connectivity index (χ4v) is 2.95. The highest BCUT2D eigenvalue weighted by molar-refractivity contribution is 5.60.